The molecular formula is C13H22N4S. The van der Waals surface area contributed by atoms with Gasteiger partial charge < -0.3 is 10.6 Å². The molecule has 1 saturated carbocycles. The Morgan fingerprint density at radius 3 is 2.67 bits per heavy atom. The number of hydrogen-bond acceptors (Lipinski definition) is 5. The number of nitrogens with zero attached hydrogens (tertiary/aromatic N) is 3. The predicted octanol–water partition coefficient (Wildman–Crippen LogP) is 2.29. The maximum absolute atomic E-state index is 5.98. The Morgan fingerprint density at radius 2 is 2.06 bits per heavy atom. The van der Waals surface area contributed by atoms with Crippen molar-refractivity contribution in [2.24, 2.45) is 5.73 Å². The summed E-state index contributed by atoms with van der Waals surface area (Å²) in [7, 11) is 0. The smallest absolute Gasteiger partial charge is 0.133 e. The molecule has 1 aliphatic rings. The zero-order valence-electron chi connectivity index (χ0n) is 11.2. The third-order valence-corrected chi connectivity index (χ3v) is 4.30. The van der Waals surface area contributed by atoms with Gasteiger partial charge in [-0.1, -0.05) is 0 Å². The van der Waals surface area contributed by atoms with E-state index in [0.29, 0.717) is 12.1 Å². The zero-order chi connectivity index (χ0) is 13.0. The topological polar surface area (TPSA) is 55.0 Å². The lowest BCUT2D eigenvalue weighted by Crippen LogP contribution is -2.41. The monoisotopic (exact) mass is 266 g/mol. The second-order valence-corrected chi connectivity index (χ2v) is 5.60. The van der Waals surface area contributed by atoms with Crippen LogP contribution in [-0.2, 0) is 0 Å². The van der Waals surface area contributed by atoms with Gasteiger partial charge in [0.25, 0.3) is 0 Å². The van der Waals surface area contributed by atoms with Gasteiger partial charge in [-0.15, -0.1) is 11.8 Å². The van der Waals surface area contributed by atoms with Crippen LogP contribution in [0.4, 0.5) is 5.82 Å². The highest BCUT2D eigenvalue weighted by molar-refractivity contribution is 7.98. The summed E-state index contributed by atoms with van der Waals surface area (Å²) < 4.78 is 0. The first-order valence-corrected chi connectivity index (χ1v) is 7.85. The molecule has 0 atom stereocenters. The lowest BCUT2D eigenvalue weighted by molar-refractivity contribution is 0.376. The summed E-state index contributed by atoms with van der Waals surface area (Å²) in [6, 6.07) is 3.06. The van der Waals surface area contributed by atoms with E-state index in [1.54, 1.807) is 18.1 Å². The first-order valence-electron chi connectivity index (χ1n) is 6.62. The van der Waals surface area contributed by atoms with Gasteiger partial charge in [0.15, 0.2) is 0 Å². The summed E-state index contributed by atoms with van der Waals surface area (Å²) in [5.74, 6) is 1.05. The minimum Gasteiger partial charge on any atom is -0.354 e. The SMILES string of the molecule is CCN(c1cc(SC)ncn1)C1CCC(N)CC1. The summed E-state index contributed by atoms with van der Waals surface area (Å²) in [4.78, 5) is 11.1. The standard InChI is InChI=1S/C13H22N4S/c1-3-17(11-6-4-10(14)5-7-11)12-8-13(18-2)16-9-15-12/h8-11H,3-7,14H2,1-2H3. The fourth-order valence-electron chi connectivity index (χ4n) is 2.62. The van der Waals surface area contributed by atoms with E-state index in [0.717, 1.165) is 30.2 Å². The summed E-state index contributed by atoms with van der Waals surface area (Å²) in [6.07, 6.45) is 8.31. The van der Waals surface area contributed by atoms with Gasteiger partial charge in [-0.05, 0) is 38.9 Å². The molecule has 5 heteroatoms. The number of rotatable bonds is 4. The molecule has 4 nitrogen and oxygen atoms in total. The predicted molar refractivity (Wildman–Crippen MR) is 77.1 cm³/mol. The minimum atomic E-state index is 0.395. The highest BCUT2D eigenvalue weighted by atomic mass is 32.2. The van der Waals surface area contributed by atoms with Gasteiger partial charge in [0.2, 0.25) is 0 Å². The number of anilines is 1. The van der Waals surface area contributed by atoms with Gasteiger partial charge in [-0.25, -0.2) is 9.97 Å². The summed E-state index contributed by atoms with van der Waals surface area (Å²) in [6.45, 7) is 3.18. The molecule has 1 aromatic rings. The molecule has 1 fully saturated rings. The second-order valence-electron chi connectivity index (χ2n) is 4.77. The Labute approximate surface area is 113 Å². The van der Waals surface area contributed by atoms with E-state index in [4.69, 9.17) is 5.73 Å². The van der Waals surface area contributed by atoms with Crippen molar-refractivity contribution in [3.8, 4) is 0 Å². The number of thioether (sulfide) groups is 1. The fourth-order valence-corrected chi connectivity index (χ4v) is 2.99. The minimum absolute atomic E-state index is 0.395. The Kier molecular flexibility index (Phi) is 4.83. The van der Waals surface area contributed by atoms with E-state index >= 15 is 0 Å². The second kappa shape index (κ2) is 6.38. The van der Waals surface area contributed by atoms with Crippen LogP contribution >= 0.6 is 11.8 Å². The molecule has 0 aliphatic heterocycles. The van der Waals surface area contributed by atoms with Crippen LogP contribution in [0.3, 0.4) is 0 Å². The van der Waals surface area contributed by atoms with E-state index in [1.165, 1.54) is 12.8 Å². The molecule has 2 rings (SSSR count). The molecule has 0 saturated heterocycles. The van der Waals surface area contributed by atoms with Crippen LogP contribution in [-0.4, -0.2) is 34.9 Å². The van der Waals surface area contributed by atoms with Crippen LogP contribution in [0.15, 0.2) is 17.4 Å². The molecule has 1 heterocycles. The Hall–Kier alpha value is -0.810. The highest BCUT2D eigenvalue weighted by Gasteiger charge is 2.24. The van der Waals surface area contributed by atoms with Gasteiger partial charge in [0.05, 0.1) is 0 Å². The van der Waals surface area contributed by atoms with E-state index in [9.17, 15) is 0 Å². The molecule has 0 aromatic carbocycles. The van der Waals surface area contributed by atoms with Crippen LogP contribution in [0.5, 0.6) is 0 Å². The maximum Gasteiger partial charge on any atom is 0.133 e. The van der Waals surface area contributed by atoms with Gasteiger partial charge in [0, 0.05) is 24.7 Å². The lowest BCUT2D eigenvalue weighted by Gasteiger charge is -2.36. The summed E-state index contributed by atoms with van der Waals surface area (Å²) >= 11 is 1.66. The molecule has 0 amide bonds. The van der Waals surface area contributed by atoms with Crippen molar-refractivity contribution in [2.45, 2.75) is 49.7 Å². The van der Waals surface area contributed by atoms with E-state index in [1.807, 2.05) is 6.26 Å². The van der Waals surface area contributed by atoms with E-state index in [2.05, 4.69) is 27.9 Å². The average Bonchev–Trinajstić information content (AvgIpc) is 2.42. The number of nitrogens with two attached hydrogens (primary N) is 1. The van der Waals surface area contributed by atoms with Crippen molar-refractivity contribution in [1.29, 1.82) is 0 Å². The first kappa shape index (κ1) is 13.6. The van der Waals surface area contributed by atoms with Crippen molar-refractivity contribution < 1.29 is 0 Å². The van der Waals surface area contributed by atoms with Crippen molar-refractivity contribution in [1.82, 2.24) is 9.97 Å². The van der Waals surface area contributed by atoms with Crippen LogP contribution in [0, 0.1) is 0 Å². The van der Waals surface area contributed by atoms with Gasteiger partial charge in [-0.2, -0.15) is 0 Å². The largest absolute Gasteiger partial charge is 0.354 e. The van der Waals surface area contributed by atoms with Gasteiger partial charge in [0.1, 0.15) is 17.2 Å². The third kappa shape index (κ3) is 3.14. The molecule has 0 radical (unpaired) electrons. The third-order valence-electron chi connectivity index (χ3n) is 3.65. The van der Waals surface area contributed by atoms with E-state index in [-0.39, 0.29) is 0 Å². The van der Waals surface area contributed by atoms with Crippen molar-refractivity contribution in [3.05, 3.63) is 12.4 Å². The van der Waals surface area contributed by atoms with Crippen molar-refractivity contribution in [2.75, 3.05) is 17.7 Å². The Bertz CT molecular complexity index is 377. The Balaban J connectivity index is 2.11. The van der Waals surface area contributed by atoms with Crippen LogP contribution < -0.4 is 10.6 Å². The molecule has 100 valence electrons. The average molecular weight is 266 g/mol. The lowest BCUT2D eigenvalue weighted by atomic mass is 9.91. The zero-order valence-corrected chi connectivity index (χ0v) is 12.0. The van der Waals surface area contributed by atoms with Crippen LogP contribution in [0.1, 0.15) is 32.6 Å². The number of hydrogen-bond donors (Lipinski definition) is 1. The van der Waals surface area contributed by atoms with Crippen LogP contribution in [0.2, 0.25) is 0 Å². The summed E-state index contributed by atoms with van der Waals surface area (Å²) in [5.41, 5.74) is 5.98. The molecule has 0 bridgehead atoms. The Morgan fingerprint density at radius 1 is 1.33 bits per heavy atom. The normalized spacial score (nSPS) is 23.9. The highest BCUT2D eigenvalue weighted by Crippen LogP contribution is 2.26. The molecule has 0 spiro atoms. The van der Waals surface area contributed by atoms with Crippen molar-refractivity contribution in [3.63, 3.8) is 0 Å². The molecule has 1 aromatic heterocycles. The molecule has 0 unspecified atom stereocenters. The molecule has 1 aliphatic carbocycles. The molecule has 2 N–H and O–H groups in total. The van der Waals surface area contributed by atoms with Gasteiger partial charge in [-0.3, -0.25) is 0 Å². The summed E-state index contributed by atoms with van der Waals surface area (Å²) in [5, 5.41) is 1.03. The van der Waals surface area contributed by atoms with E-state index < -0.39 is 0 Å². The first-order chi connectivity index (χ1) is 8.74. The van der Waals surface area contributed by atoms with Crippen LogP contribution in [0.25, 0.3) is 0 Å². The maximum atomic E-state index is 5.98. The van der Waals surface area contributed by atoms with Crippen molar-refractivity contribution >= 4 is 17.6 Å². The van der Waals surface area contributed by atoms with Gasteiger partial charge >= 0.3 is 0 Å². The number of aromatic nitrogens is 2. The quantitative estimate of drug-likeness (QED) is 0.669. The molecule has 18 heavy (non-hydrogen) atoms. The fraction of sp³-hybridized carbons (Fsp3) is 0.692. The molecular weight excluding hydrogens is 244 g/mol.